The van der Waals surface area contributed by atoms with Crippen molar-refractivity contribution in [3.63, 3.8) is 0 Å². The molecule has 0 fully saturated rings. The number of fused-ring (bicyclic) bond motifs is 12. The van der Waals surface area contributed by atoms with E-state index in [4.69, 9.17) is 8.83 Å². The van der Waals surface area contributed by atoms with E-state index in [1.807, 2.05) is 0 Å². The summed E-state index contributed by atoms with van der Waals surface area (Å²) < 4.78 is 13.0. The minimum absolute atomic E-state index is 0.0263. The minimum Gasteiger partial charge on any atom is -0.456 e. The topological polar surface area (TPSA) is 32.8 Å². The Kier molecular flexibility index (Phi) is 14.1. The van der Waals surface area contributed by atoms with Gasteiger partial charge in [0.2, 0.25) is 0 Å². The van der Waals surface area contributed by atoms with Crippen molar-refractivity contribution in [1.29, 1.82) is 0 Å². The first-order valence-electron chi connectivity index (χ1n) is 36.1. The fourth-order valence-electron chi connectivity index (χ4n) is 16.7. The smallest absolute Gasteiger partial charge is 0.252 e. The minimum atomic E-state index is -0.201. The molecule has 0 amide bonds. The number of hydrogen-bond acceptors (Lipinski definition) is 4. The van der Waals surface area contributed by atoms with Gasteiger partial charge in [0, 0.05) is 61.3 Å². The first kappa shape index (κ1) is 62.4. The average Bonchev–Trinajstić information content (AvgIpc) is 0.928. The number of nitrogens with zero attached hydrogens (tertiary/aromatic N) is 2. The van der Waals surface area contributed by atoms with Gasteiger partial charge in [-0.15, -0.1) is 0 Å². The molecule has 0 spiro atoms. The maximum atomic E-state index is 6.51. The summed E-state index contributed by atoms with van der Waals surface area (Å²) in [6, 6.07) is 102. The molecule has 0 N–H and O–H groups in total. The Bertz CT molecular complexity index is 5520. The van der Waals surface area contributed by atoms with E-state index in [1.54, 1.807) is 0 Å². The molecule has 3 aliphatic rings. The van der Waals surface area contributed by atoms with Crippen molar-refractivity contribution in [2.45, 2.75) is 117 Å². The normalized spacial score (nSPS) is 13.8. The second kappa shape index (κ2) is 22.8. The molecule has 2 aliphatic heterocycles. The Morgan fingerprint density at radius 2 is 0.653 bits per heavy atom. The molecular formula is C96H83BN2O2. The van der Waals surface area contributed by atoms with Crippen molar-refractivity contribution in [3.8, 4) is 44.5 Å². The molecule has 4 heterocycles. The lowest BCUT2D eigenvalue weighted by Crippen LogP contribution is -2.61. The molecule has 15 aromatic rings. The zero-order chi connectivity index (χ0) is 69.2. The molecule has 13 aromatic carbocycles. The van der Waals surface area contributed by atoms with Crippen LogP contribution in [0.5, 0.6) is 0 Å². The highest BCUT2D eigenvalue weighted by atomic mass is 16.3. The zero-order valence-electron chi connectivity index (χ0n) is 60.0. The Morgan fingerprint density at radius 1 is 0.297 bits per heavy atom. The third-order valence-corrected chi connectivity index (χ3v) is 22.3. The van der Waals surface area contributed by atoms with E-state index in [2.05, 4.69) is 360 Å². The molecule has 0 saturated carbocycles. The van der Waals surface area contributed by atoms with Crippen LogP contribution >= 0.6 is 0 Å². The van der Waals surface area contributed by atoms with E-state index in [0.717, 1.165) is 95.3 Å². The predicted octanol–water partition coefficient (Wildman–Crippen LogP) is 24.5. The molecule has 0 bridgehead atoms. The van der Waals surface area contributed by atoms with Gasteiger partial charge < -0.3 is 18.6 Å². The lowest BCUT2D eigenvalue weighted by Gasteiger charge is -2.46. The van der Waals surface area contributed by atoms with E-state index in [1.165, 1.54) is 100 Å². The van der Waals surface area contributed by atoms with Gasteiger partial charge in [-0.05, 0) is 213 Å². The maximum absolute atomic E-state index is 6.51. The monoisotopic (exact) mass is 1310 g/mol. The quantitative estimate of drug-likeness (QED) is 0.149. The van der Waals surface area contributed by atoms with Crippen molar-refractivity contribution in [3.05, 3.63) is 317 Å². The molecule has 1 aliphatic carbocycles. The molecule has 0 unspecified atom stereocenters. The van der Waals surface area contributed by atoms with Crippen molar-refractivity contribution < 1.29 is 8.83 Å². The largest absolute Gasteiger partial charge is 0.456 e. The first-order chi connectivity index (χ1) is 48.6. The molecule has 0 saturated heterocycles. The summed E-state index contributed by atoms with van der Waals surface area (Å²) in [4.78, 5) is 5.39. The molecule has 0 atom stereocenters. The van der Waals surface area contributed by atoms with E-state index in [9.17, 15) is 0 Å². The molecule has 492 valence electrons. The second-order valence-electron chi connectivity index (χ2n) is 32.9. The van der Waals surface area contributed by atoms with Crippen LogP contribution in [0.3, 0.4) is 0 Å². The zero-order valence-corrected chi connectivity index (χ0v) is 60.0. The Hall–Kier alpha value is -10.9. The average molecular weight is 1310 g/mol. The van der Waals surface area contributed by atoms with Crippen LogP contribution in [0, 0.1) is 0 Å². The highest BCUT2D eigenvalue weighted by Gasteiger charge is 2.46. The van der Waals surface area contributed by atoms with E-state index >= 15 is 0 Å². The van der Waals surface area contributed by atoms with Crippen LogP contribution in [0.1, 0.15) is 139 Å². The highest BCUT2D eigenvalue weighted by Crippen LogP contribution is 2.54. The summed E-state index contributed by atoms with van der Waals surface area (Å²) in [5.74, 6) is -0.0892. The van der Waals surface area contributed by atoms with Crippen molar-refractivity contribution in [2.75, 3.05) is 9.80 Å². The van der Waals surface area contributed by atoms with Gasteiger partial charge in [0.15, 0.2) is 0 Å². The second-order valence-corrected chi connectivity index (χ2v) is 32.9. The number of benzene rings is 13. The van der Waals surface area contributed by atoms with Crippen molar-refractivity contribution in [1.82, 2.24) is 0 Å². The molecule has 101 heavy (non-hydrogen) atoms. The third-order valence-electron chi connectivity index (χ3n) is 22.3. The fraction of sp³-hybridized carbons (Fsp3) is 0.188. The summed E-state index contributed by atoms with van der Waals surface area (Å²) >= 11 is 0. The summed E-state index contributed by atoms with van der Waals surface area (Å²) in [6.07, 6.45) is 0.878. The van der Waals surface area contributed by atoms with Gasteiger partial charge in [-0.2, -0.15) is 0 Å². The van der Waals surface area contributed by atoms with Crippen LogP contribution < -0.4 is 26.2 Å². The summed E-state index contributed by atoms with van der Waals surface area (Å²) in [6.45, 7) is 27.7. The lowest BCUT2D eigenvalue weighted by molar-refractivity contribution is 0.589. The summed E-state index contributed by atoms with van der Waals surface area (Å²) in [7, 11) is 0. The van der Waals surface area contributed by atoms with Crippen LogP contribution in [0.25, 0.3) is 88.4 Å². The van der Waals surface area contributed by atoms with Crippen LogP contribution in [-0.2, 0) is 28.1 Å². The van der Waals surface area contributed by atoms with Crippen LogP contribution in [-0.4, -0.2) is 6.71 Å². The number of rotatable bonds is 7. The van der Waals surface area contributed by atoms with E-state index in [0.29, 0.717) is 0 Å². The first-order valence-corrected chi connectivity index (χ1v) is 36.1. The summed E-state index contributed by atoms with van der Waals surface area (Å²) in [5, 5.41) is 4.44. The molecule has 2 aromatic heterocycles. The number of para-hydroxylation sites is 2. The molecular weight excluding hydrogens is 1220 g/mol. The Balaban J connectivity index is 0.983. The third kappa shape index (κ3) is 10.4. The number of anilines is 6. The van der Waals surface area contributed by atoms with Gasteiger partial charge in [-0.3, -0.25) is 0 Å². The van der Waals surface area contributed by atoms with E-state index in [-0.39, 0.29) is 34.3 Å². The molecule has 0 radical (unpaired) electrons. The summed E-state index contributed by atoms with van der Waals surface area (Å²) in [5.41, 5.74) is 35.0. The van der Waals surface area contributed by atoms with Crippen LogP contribution in [0.4, 0.5) is 34.1 Å². The fourth-order valence-corrected chi connectivity index (χ4v) is 16.7. The molecule has 5 heteroatoms. The molecule has 18 rings (SSSR count). The van der Waals surface area contributed by atoms with Crippen molar-refractivity contribution >= 4 is 101 Å². The van der Waals surface area contributed by atoms with Crippen molar-refractivity contribution in [2.24, 2.45) is 0 Å². The standard InChI is InChI=1S/C96H83BN2O2/c1-93(2,3)67-37-29-58(30-38-67)75-56-69(95(7,8)9)41-45-81(75)98-83-52-62(60-35-47-89-77(50-60)73-25-17-19-27-87(73)100-89)33-43-79(83)97-80-44-34-63(61-36-48-90-78(51-61)74-26-18-20-28-88(74)101-90)53-84(80)99(82-46-42-70(96(10,11)12)57-76(82)59-31-39-68(40-32-59)94(4,5)6)86-55-66(54-85(98)92(86)97)91-71-23-15-13-21-64(71)49-65-22-14-16-24-72(65)91/h13-48,50-57,91H,49H2,1-12H3. The SMILES string of the molecule is CC(C)(C)c1ccc(-c2cc(C(C)(C)C)ccc2N2c3cc(-c4ccc5oc6ccccc6c5c4)ccc3B3c4ccc(-c5ccc6oc7ccccc7c6c5)cc4N(c4ccc(C(C)(C)C)cc4-c4ccc(C(C)(C)C)cc4)c4cc(C5c6ccccc6Cc6ccccc65)cc2c43)cc1. The predicted molar refractivity (Wildman–Crippen MR) is 428 cm³/mol. The lowest BCUT2D eigenvalue weighted by atomic mass is 9.33. The number of hydrogen-bond donors (Lipinski definition) is 0. The van der Waals surface area contributed by atoms with Gasteiger partial charge in [0.1, 0.15) is 22.3 Å². The van der Waals surface area contributed by atoms with Gasteiger partial charge in [-0.25, -0.2) is 0 Å². The van der Waals surface area contributed by atoms with Crippen LogP contribution in [0.2, 0.25) is 0 Å². The molecule has 4 nitrogen and oxygen atoms in total. The van der Waals surface area contributed by atoms with Gasteiger partial charge in [0.05, 0.1) is 11.4 Å². The van der Waals surface area contributed by atoms with Gasteiger partial charge in [-0.1, -0.05) is 265 Å². The van der Waals surface area contributed by atoms with Gasteiger partial charge in [0.25, 0.3) is 6.71 Å². The van der Waals surface area contributed by atoms with Crippen LogP contribution in [0.15, 0.2) is 276 Å². The number of furan rings is 2. The maximum Gasteiger partial charge on any atom is 0.252 e. The van der Waals surface area contributed by atoms with Gasteiger partial charge >= 0.3 is 0 Å². The Labute approximate surface area is 594 Å². The van der Waals surface area contributed by atoms with E-state index < -0.39 is 0 Å². The Morgan fingerprint density at radius 3 is 1.08 bits per heavy atom. The highest BCUT2D eigenvalue weighted by molar-refractivity contribution is 7.00.